The van der Waals surface area contributed by atoms with Gasteiger partial charge in [-0.15, -0.1) is 18.3 Å². The molecule has 3 aliphatic rings. The van der Waals surface area contributed by atoms with Crippen LogP contribution in [0.1, 0.15) is 33.6 Å². The number of thioether (sulfide) groups is 1. The number of aliphatic hydroxyl groups is 1. The number of likely N-dealkylation sites (tertiary alicyclic amines) is 1. The lowest BCUT2D eigenvalue weighted by Gasteiger charge is -2.38. The Hall–Kier alpha value is -1.54. The molecule has 3 aliphatic heterocycles. The summed E-state index contributed by atoms with van der Waals surface area (Å²) in [4.78, 5) is 41.9. The second kappa shape index (κ2) is 6.81. The molecule has 3 saturated heterocycles. The van der Waals surface area contributed by atoms with Crippen LogP contribution in [-0.2, 0) is 14.4 Å². The number of carbonyl (C=O) groups excluding carboxylic acids is 2. The number of carbonyl (C=O) groups is 3. The van der Waals surface area contributed by atoms with Crippen LogP contribution < -0.4 is 0 Å². The van der Waals surface area contributed by atoms with Crippen LogP contribution in [0.3, 0.4) is 0 Å². The molecular formula is C19H28N2O5S. The van der Waals surface area contributed by atoms with E-state index in [2.05, 4.69) is 6.58 Å². The topological polar surface area (TPSA) is 98.2 Å². The van der Waals surface area contributed by atoms with Crippen molar-refractivity contribution in [3.05, 3.63) is 12.7 Å². The number of fused-ring (bicyclic) bond motifs is 1. The van der Waals surface area contributed by atoms with Gasteiger partial charge in [0, 0.05) is 23.9 Å². The highest BCUT2D eigenvalue weighted by Gasteiger charge is 2.77. The molecule has 3 heterocycles. The van der Waals surface area contributed by atoms with E-state index in [1.54, 1.807) is 11.0 Å². The molecule has 0 radical (unpaired) electrons. The highest BCUT2D eigenvalue weighted by Crippen LogP contribution is 2.71. The van der Waals surface area contributed by atoms with Crippen molar-refractivity contribution in [2.45, 2.75) is 55.2 Å². The van der Waals surface area contributed by atoms with Crippen molar-refractivity contribution in [3.63, 3.8) is 0 Å². The van der Waals surface area contributed by atoms with E-state index >= 15 is 0 Å². The molecule has 150 valence electrons. The van der Waals surface area contributed by atoms with Crippen LogP contribution in [0, 0.1) is 11.8 Å². The number of aliphatic carboxylic acids is 1. The summed E-state index contributed by atoms with van der Waals surface area (Å²) in [7, 11) is 0. The molecule has 0 aromatic heterocycles. The van der Waals surface area contributed by atoms with E-state index in [-0.39, 0.29) is 31.0 Å². The molecule has 2 unspecified atom stereocenters. The van der Waals surface area contributed by atoms with Crippen molar-refractivity contribution in [1.29, 1.82) is 0 Å². The number of amides is 2. The Labute approximate surface area is 163 Å². The number of rotatable bonds is 7. The van der Waals surface area contributed by atoms with Gasteiger partial charge in [0.1, 0.15) is 6.04 Å². The smallest absolute Gasteiger partial charge is 0.308 e. The van der Waals surface area contributed by atoms with Crippen molar-refractivity contribution in [1.82, 2.24) is 9.80 Å². The van der Waals surface area contributed by atoms with E-state index in [9.17, 15) is 24.6 Å². The van der Waals surface area contributed by atoms with Crippen molar-refractivity contribution < 1.29 is 24.6 Å². The van der Waals surface area contributed by atoms with Crippen molar-refractivity contribution >= 4 is 29.5 Å². The number of carboxylic acid groups (broad SMARTS) is 1. The normalized spacial score (nSPS) is 37.0. The zero-order valence-corrected chi connectivity index (χ0v) is 16.9. The Morgan fingerprint density at radius 3 is 2.63 bits per heavy atom. The molecule has 2 N–H and O–H groups in total. The third kappa shape index (κ3) is 2.71. The first kappa shape index (κ1) is 20.2. The SMILES string of the molecule is C=CCN(C(=O)C1N(CCO)C(=O)[C@@H]2[C@@H](C(=O)O)[C@@]3(C)CCC12S3)C(C)C. The lowest BCUT2D eigenvalue weighted by atomic mass is 9.66. The van der Waals surface area contributed by atoms with Gasteiger partial charge >= 0.3 is 5.97 Å². The Balaban J connectivity index is 2.09. The van der Waals surface area contributed by atoms with Gasteiger partial charge in [0.25, 0.3) is 0 Å². The number of nitrogens with zero attached hydrogens (tertiary/aromatic N) is 2. The molecule has 27 heavy (non-hydrogen) atoms. The molecule has 1 spiro atoms. The first-order valence-corrected chi connectivity index (χ1v) is 10.2. The summed E-state index contributed by atoms with van der Waals surface area (Å²) in [5, 5.41) is 19.3. The second-order valence-corrected chi connectivity index (χ2v) is 10.1. The molecule has 0 aliphatic carbocycles. The van der Waals surface area contributed by atoms with Crippen LogP contribution in [0.2, 0.25) is 0 Å². The Bertz CT molecular complexity index is 683. The van der Waals surface area contributed by atoms with Crippen LogP contribution in [0.25, 0.3) is 0 Å². The molecule has 2 bridgehead atoms. The largest absolute Gasteiger partial charge is 0.481 e. The summed E-state index contributed by atoms with van der Waals surface area (Å²) in [6.45, 7) is 9.58. The van der Waals surface area contributed by atoms with Gasteiger partial charge in [-0.1, -0.05) is 6.08 Å². The van der Waals surface area contributed by atoms with Crippen molar-refractivity contribution in [3.8, 4) is 0 Å². The van der Waals surface area contributed by atoms with Crippen LogP contribution in [0.4, 0.5) is 0 Å². The van der Waals surface area contributed by atoms with Gasteiger partial charge in [-0.2, -0.15) is 0 Å². The summed E-state index contributed by atoms with van der Waals surface area (Å²) >= 11 is 1.51. The first-order chi connectivity index (χ1) is 12.6. The zero-order chi connectivity index (χ0) is 20.1. The van der Waals surface area contributed by atoms with Gasteiger partial charge in [0.15, 0.2) is 0 Å². The van der Waals surface area contributed by atoms with Gasteiger partial charge in [-0.3, -0.25) is 14.4 Å². The first-order valence-electron chi connectivity index (χ1n) is 9.40. The summed E-state index contributed by atoms with van der Waals surface area (Å²) < 4.78 is -1.29. The average molecular weight is 397 g/mol. The minimum atomic E-state index is -0.978. The van der Waals surface area contributed by atoms with Crippen molar-refractivity contribution in [2.75, 3.05) is 19.7 Å². The van der Waals surface area contributed by atoms with Gasteiger partial charge in [0.05, 0.1) is 23.2 Å². The summed E-state index contributed by atoms with van der Waals surface area (Å²) in [6, 6.07) is -0.827. The quantitative estimate of drug-likeness (QED) is 0.622. The minimum Gasteiger partial charge on any atom is -0.481 e. The maximum Gasteiger partial charge on any atom is 0.308 e. The molecule has 2 amide bonds. The highest BCUT2D eigenvalue weighted by atomic mass is 32.2. The van der Waals surface area contributed by atoms with Gasteiger partial charge in [0.2, 0.25) is 11.8 Å². The molecule has 0 saturated carbocycles. The summed E-state index contributed by atoms with van der Waals surface area (Å²) in [5.41, 5.74) is 0. The van der Waals surface area contributed by atoms with Crippen LogP contribution >= 0.6 is 11.8 Å². The predicted molar refractivity (Wildman–Crippen MR) is 102 cm³/mol. The lowest BCUT2D eigenvalue weighted by molar-refractivity contribution is -0.150. The predicted octanol–water partition coefficient (Wildman–Crippen LogP) is 0.968. The van der Waals surface area contributed by atoms with Gasteiger partial charge < -0.3 is 20.0 Å². The second-order valence-electron chi connectivity index (χ2n) is 8.19. The molecule has 0 aromatic carbocycles. The fraction of sp³-hybridized carbons (Fsp3) is 0.737. The fourth-order valence-electron chi connectivity index (χ4n) is 5.28. The zero-order valence-electron chi connectivity index (χ0n) is 16.1. The maximum absolute atomic E-state index is 13.6. The molecule has 5 atom stereocenters. The molecule has 3 rings (SSSR count). The average Bonchev–Trinajstić information content (AvgIpc) is 3.14. The molecule has 3 fully saturated rings. The minimum absolute atomic E-state index is 0.0388. The van der Waals surface area contributed by atoms with Crippen molar-refractivity contribution in [2.24, 2.45) is 11.8 Å². The van der Waals surface area contributed by atoms with Crippen LogP contribution in [0.15, 0.2) is 12.7 Å². The third-order valence-electron chi connectivity index (χ3n) is 6.35. The Morgan fingerprint density at radius 2 is 2.11 bits per heavy atom. The van der Waals surface area contributed by atoms with E-state index in [0.29, 0.717) is 19.4 Å². The van der Waals surface area contributed by atoms with E-state index in [1.165, 1.54) is 16.7 Å². The number of β-amino-alcohol motifs (C(OH)–C–C–N with tert-alkyl or cyclic N) is 1. The van der Waals surface area contributed by atoms with E-state index in [4.69, 9.17) is 0 Å². The highest BCUT2D eigenvalue weighted by molar-refractivity contribution is 8.02. The van der Waals surface area contributed by atoms with E-state index in [1.807, 2.05) is 20.8 Å². The maximum atomic E-state index is 13.6. The number of hydrogen-bond acceptors (Lipinski definition) is 5. The summed E-state index contributed by atoms with van der Waals surface area (Å²) in [5.74, 6) is -3.01. The Kier molecular flexibility index (Phi) is 5.10. The summed E-state index contributed by atoms with van der Waals surface area (Å²) in [6.07, 6.45) is 2.95. The monoisotopic (exact) mass is 396 g/mol. The van der Waals surface area contributed by atoms with Crippen LogP contribution in [-0.4, -0.2) is 79.1 Å². The number of carboxylic acids is 1. The Morgan fingerprint density at radius 1 is 1.44 bits per heavy atom. The standard InChI is InChI=1S/C19H28N2O5S/c1-5-8-20(11(2)3)16(24)14-19-7-6-18(4,27-19)13(17(25)26)12(19)15(23)21(14)9-10-22/h5,11-14,22H,1,6-10H2,2-4H3,(H,25,26)/t12-,13-,14?,18+,19?/m0/s1. The van der Waals surface area contributed by atoms with Gasteiger partial charge in [-0.25, -0.2) is 0 Å². The van der Waals surface area contributed by atoms with E-state index in [0.717, 1.165) is 0 Å². The lowest BCUT2D eigenvalue weighted by Crippen LogP contribution is -2.56. The van der Waals surface area contributed by atoms with E-state index < -0.39 is 33.3 Å². The fourth-order valence-corrected chi connectivity index (χ4v) is 7.62. The van der Waals surface area contributed by atoms with Crippen LogP contribution in [0.5, 0.6) is 0 Å². The van der Waals surface area contributed by atoms with Gasteiger partial charge in [-0.05, 0) is 33.6 Å². The molecule has 8 heteroatoms. The number of aliphatic hydroxyl groups excluding tert-OH is 1. The molecule has 0 aromatic rings. The molecular weight excluding hydrogens is 368 g/mol. The number of hydrogen-bond donors (Lipinski definition) is 2. The molecule has 7 nitrogen and oxygen atoms in total. The third-order valence-corrected chi connectivity index (χ3v) is 8.34.